The van der Waals surface area contributed by atoms with Crippen molar-refractivity contribution in [3.05, 3.63) is 45.6 Å². The predicted molar refractivity (Wildman–Crippen MR) is 79.5 cm³/mol. The van der Waals surface area contributed by atoms with E-state index in [1.807, 2.05) is 0 Å². The Morgan fingerprint density at radius 3 is 2.59 bits per heavy atom. The lowest BCUT2D eigenvalue weighted by molar-refractivity contribution is -0.173. The van der Waals surface area contributed by atoms with Gasteiger partial charge in [0.25, 0.3) is 0 Å². The molecule has 0 saturated carbocycles. The average molecular weight is 350 g/mol. The highest BCUT2D eigenvalue weighted by atomic mass is 35.5. The third kappa shape index (κ3) is 2.77. The number of nitrogens with one attached hydrogen (secondary N) is 1. The maximum absolute atomic E-state index is 13.3. The second-order valence-electron chi connectivity index (χ2n) is 5.28. The molecule has 2 aromatic rings. The smallest absolute Gasteiger partial charge is 0.363 e. The van der Waals surface area contributed by atoms with E-state index in [-0.39, 0.29) is 6.42 Å². The fraction of sp³-hybridized carbons (Fsp3) is 0.357. The molecule has 0 spiro atoms. The molecule has 2 heterocycles. The summed E-state index contributed by atoms with van der Waals surface area (Å²) in [7, 11) is 0. The number of benzene rings is 1. The van der Waals surface area contributed by atoms with Gasteiger partial charge in [-0.25, -0.2) is 4.68 Å². The number of hydrogen-bond donors (Lipinski definition) is 1. The van der Waals surface area contributed by atoms with Crippen LogP contribution >= 0.6 is 23.2 Å². The van der Waals surface area contributed by atoms with Crippen molar-refractivity contribution in [3.8, 4) is 0 Å². The number of rotatable bonds is 1. The summed E-state index contributed by atoms with van der Waals surface area (Å²) in [5.74, 6) is 0.349. The van der Waals surface area contributed by atoms with Crippen LogP contribution in [0.15, 0.2) is 24.3 Å². The van der Waals surface area contributed by atoms with E-state index in [4.69, 9.17) is 23.2 Å². The highest BCUT2D eigenvalue weighted by Crippen LogP contribution is 2.44. The molecule has 0 radical (unpaired) electrons. The van der Waals surface area contributed by atoms with Crippen LogP contribution in [0.25, 0.3) is 0 Å². The van der Waals surface area contributed by atoms with Gasteiger partial charge < -0.3 is 5.32 Å². The molecule has 1 aliphatic rings. The number of nitrogens with zero attached hydrogens (tertiary/aromatic N) is 2. The van der Waals surface area contributed by atoms with Crippen LogP contribution in [0.2, 0.25) is 10.0 Å². The van der Waals surface area contributed by atoms with Gasteiger partial charge in [0, 0.05) is 12.5 Å². The molecule has 118 valence electrons. The molecule has 8 heteroatoms. The number of halogens is 5. The molecule has 1 N–H and O–H groups in total. The van der Waals surface area contributed by atoms with Gasteiger partial charge in [-0.2, -0.15) is 18.3 Å². The summed E-state index contributed by atoms with van der Waals surface area (Å²) in [6.45, 7) is 1.66. The van der Waals surface area contributed by atoms with Gasteiger partial charge >= 0.3 is 6.18 Å². The maximum atomic E-state index is 13.3. The molecule has 0 unspecified atom stereocenters. The van der Waals surface area contributed by atoms with Crippen LogP contribution in [0.5, 0.6) is 0 Å². The third-order valence-corrected chi connectivity index (χ3v) is 4.40. The van der Waals surface area contributed by atoms with Gasteiger partial charge in [0.15, 0.2) is 6.04 Å². The first-order valence-electron chi connectivity index (χ1n) is 6.60. The highest BCUT2D eigenvalue weighted by Gasteiger charge is 2.46. The van der Waals surface area contributed by atoms with E-state index in [0.29, 0.717) is 27.1 Å². The molecule has 22 heavy (non-hydrogen) atoms. The molecule has 0 bridgehead atoms. The molecular weight excluding hydrogens is 338 g/mol. The molecule has 3 rings (SSSR count). The van der Waals surface area contributed by atoms with Gasteiger partial charge in [-0.15, -0.1) is 0 Å². The van der Waals surface area contributed by atoms with Gasteiger partial charge in [-0.3, -0.25) is 0 Å². The molecule has 3 nitrogen and oxygen atoms in total. The zero-order valence-electron chi connectivity index (χ0n) is 11.5. The van der Waals surface area contributed by atoms with E-state index in [1.165, 1.54) is 0 Å². The Morgan fingerprint density at radius 1 is 1.23 bits per heavy atom. The fourth-order valence-corrected chi connectivity index (χ4v) is 2.95. The molecule has 0 fully saturated rings. The number of anilines is 1. The van der Waals surface area contributed by atoms with Crippen molar-refractivity contribution in [3.63, 3.8) is 0 Å². The molecule has 0 aliphatic carbocycles. The molecule has 0 saturated heterocycles. The normalized spacial score (nSPS) is 21.4. The molecule has 1 aromatic heterocycles. The summed E-state index contributed by atoms with van der Waals surface area (Å²) < 4.78 is 41.0. The zero-order valence-corrected chi connectivity index (χ0v) is 13.0. The number of alkyl halides is 3. The number of fused-ring (bicyclic) bond motifs is 1. The monoisotopic (exact) mass is 349 g/mol. The number of aromatic nitrogens is 2. The Bertz CT molecular complexity index is 712. The van der Waals surface area contributed by atoms with Crippen molar-refractivity contribution in [1.82, 2.24) is 9.78 Å². The molecular formula is C14H12Cl2F3N3. The SMILES string of the molecule is Cc1cc2n(n1)[C@@H](C(F)(F)F)C[C@H](c1ccc(Cl)c(Cl)c1)N2. The van der Waals surface area contributed by atoms with Gasteiger partial charge in [-0.1, -0.05) is 29.3 Å². The van der Waals surface area contributed by atoms with Crippen LogP contribution in [-0.4, -0.2) is 16.0 Å². The number of aryl methyl sites for hydroxylation is 1. The first-order chi connectivity index (χ1) is 10.3. The minimum absolute atomic E-state index is 0.157. The van der Waals surface area contributed by atoms with Gasteiger partial charge in [0.2, 0.25) is 0 Å². The second kappa shape index (κ2) is 5.35. The summed E-state index contributed by atoms with van der Waals surface area (Å²) in [5, 5.41) is 7.72. The molecule has 0 amide bonds. The highest BCUT2D eigenvalue weighted by molar-refractivity contribution is 6.42. The Labute approximate surface area is 135 Å². The number of hydrogen-bond acceptors (Lipinski definition) is 2. The minimum Gasteiger partial charge on any atom is -0.363 e. The lowest BCUT2D eigenvalue weighted by Crippen LogP contribution is -2.35. The van der Waals surface area contributed by atoms with Crippen molar-refractivity contribution >= 4 is 29.0 Å². The van der Waals surface area contributed by atoms with Crippen LogP contribution in [0.4, 0.5) is 19.0 Å². The first kappa shape index (κ1) is 15.5. The largest absolute Gasteiger partial charge is 0.410 e. The summed E-state index contributed by atoms with van der Waals surface area (Å²) in [4.78, 5) is 0. The summed E-state index contributed by atoms with van der Waals surface area (Å²) in [5.41, 5.74) is 1.19. The Balaban J connectivity index is 2.00. The Morgan fingerprint density at radius 2 is 1.95 bits per heavy atom. The Kier molecular flexibility index (Phi) is 3.77. The van der Waals surface area contributed by atoms with E-state index in [2.05, 4.69) is 10.4 Å². The van der Waals surface area contributed by atoms with E-state index in [9.17, 15) is 13.2 Å². The van der Waals surface area contributed by atoms with Crippen molar-refractivity contribution in [1.29, 1.82) is 0 Å². The van der Waals surface area contributed by atoms with Crippen molar-refractivity contribution in [2.45, 2.75) is 31.6 Å². The topological polar surface area (TPSA) is 29.9 Å². The minimum atomic E-state index is -4.37. The van der Waals surface area contributed by atoms with E-state index < -0.39 is 18.3 Å². The third-order valence-electron chi connectivity index (χ3n) is 3.66. The quantitative estimate of drug-likeness (QED) is 0.770. The lowest BCUT2D eigenvalue weighted by Gasteiger charge is -2.33. The maximum Gasteiger partial charge on any atom is 0.410 e. The van der Waals surface area contributed by atoms with Crippen LogP contribution in [-0.2, 0) is 0 Å². The predicted octanol–water partition coefficient (Wildman–Crippen LogP) is 5.16. The molecule has 2 atom stereocenters. The van der Waals surface area contributed by atoms with E-state index >= 15 is 0 Å². The molecule has 1 aromatic carbocycles. The van der Waals surface area contributed by atoms with Crippen molar-refractivity contribution < 1.29 is 13.2 Å². The van der Waals surface area contributed by atoms with Crippen LogP contribution in [0, 0.1) is 6.92 Å². The fourth-order valence-electron chi connectivity index (χ4n) is 2.64. The second-order valence-corrected chi connectivity index (χ2v) is 6.09. The molecule has 1 aliphatic heterocycles. The van der Waals surface area contributed by atoms with E-state index in [1.54, 1.807) is 31.2 Å². The Hall–Kier alpha value is -1.40. The van der Waals surface area contributed by atoms with Crippen LogP contribution in [0.3, 0.4) is 0 Å². The summed E-state index contributed by atoms with van der Waals surface area (Å²) in [6, 6.07) is 4.27. The van der Waals surface area contributed by atoms with E-state index in [0.717, 1.165) is 4.68 Å². The average Bonchev–Trinajstić information content (AvgIpc) is 2.79. The summed E-state index contributed by atoms with van der Waals surface area (Å²) >= 11 is 11.8. The zero-order chi connectivity index (χ0) is 16.1. The van der Waals surface area contributed by atoms with Gasteiger partial charge in [0.05, 0.1) is 21.8 Å². The van der Waals surface area contributed by atoms with Crippen molar-refractivity contribution in [2.75, 3.05) is 5.32 Å². The first-order valence-corrected chi connectivity index (χ1v) is 7.35. The van der Waals surface area contributed by atoms with Crippen LogP contribution < -0.4 is 5.32 Å². The van der Waals surface area contributed by atoms with Crippen molar-refractivity contribution in [2.24, 2.45) is 0 Å². The van der Waals surface area contributed by atoms with Crippen LogP contribution in [0.1, 0.15) is 29.8 Å². The summed E-state index contributed by atoms with van der Waals surface area (Å²) in [6.07, 6.45) is -4.53. The standard InChI is InChI=1S/C14H12Cl2F3N3/c1-7-4-13-20-11(8-2-3-9(15)10(16)5-8)6-12(14(17,18)19)22(13)21-7/h2-5,11-12,20H,6H2,1H3/t11-,12-/m1/s1. The van der Waals surface area contributed by atoms with Gasteiger partial charge in [-0.05, 0) is 24.6 Å². The lowest BCUT2D eigenvalue weighted by atomic mass is 9.97. The van der Waals surface area contributed by atoms with Gasteiger partial charge in [0.1, 0.15) is 5.82 Å².